The van der Waals surface area contributed by atoms with Crippen molar-refractivity contribution in [3.63, 3.8) is 0 Å². The molecule has 3 aromatic rings. The Kier molecular flexibility index (Phi) is 4.45. The summed E-state index contributed by atoms with van der Waals surface area (Å²) in [4.78, 5) is 11.1. The van der Waals surface area contributed by atoms with Gasteiger partial charge < -0.3 is 14.4 Å². The predicted octanol–water partition coefficient (Wildman–Crippen LogP) is 2.81. The van der Waals surface area contributed by atoms with E-state index in [2.05, 4.69) is 9.97 Å². The maximum atomic E-state index is 13.1. The molecule has 0 N–H and O–H groups in total. The lowest BCUT2D eigenvalue weighted by molar-refractivity contribution is 0.309. The molecular formula is C20H24N4O4S. The number of fused-ring (bicyclic) bond motifs is 2. The number of hydrogen-bond acceptors (Lipinski definition) is 7. The van der Waals surface area contributed by atoms with Gasteiger partial charge in [0.2, 0.25) is 0 Å². The van der Waals surface area contributed by atoms with Crippen LogP contribution in [0.3, 0.4) is 0 Å². The molecule has 4 heterocycles. The van der Waals surface area contributed by atoms with Gasteiger partial charge in [-0.15, -0.1) is 0 Å². The van der Waals surface area contributed by atoms with Gasteiger partial charge in [-0.25, -0.2) is 18.4 Å². The van der Waals surface area contributed by atoms with Gasteiger partial charge in [-0.05, 0) is 26.8 Å². The zero-order chi connectivity index (χ0) is 21.0. The zero-order valence-electron chi connectivity index (χ0n) is 17.1. The van der Waals surface area contributed by atoms with E-state index in [1.807, 2.05) is 18.0 Å². The highest BCUT2D eigenvalue weighted by atomic mass is 32.2. The first-order chi connectivity index (χ1) is 13.6. The Balaban J connectivity index is 1.91. The Morgan fingerprint density at radius 3 is 2.62 bits per heavy atom. The number of ether oxygens (including phenoxy) is 2. The van der Waals surface area contributed by atoms with E-state index in [1.165, 1.54) is 7.11 Å². The molecule has 0 unspecified atom stereocenters. The van der Waals surface area contributed by atoms with E-state index in [-0.39, 0.29) is 10.6 Å². The van der Waals surface area contributed by atoms with Gasteiger partial charge in [-0.1, -0.05) is 0 Å². The lowest BCUT2D eigenvalue weighted by Crippen LogP contribution is -2.29. The Bertz CT molecular complexity index is 1200. The third-order valence-electron chi connectivity index (χ3n) is 5.06. The number of sulfone groups is 1. The Morgan fingerprint density at radius 2 is 1.93 bits per heavy atom. The fourth-order valence-corrected chi connectivity index (χ4v) is 4.57. The van der Waals surface area contributed by atoms with Crippen LogP contribution in [0.15, 0.2) is 35.6 Å². The molecule has 29 heavy (non-hydrogen) atoms. The Hall–Kier alpha value is -2.81. The number of hydrogen-bond donors (Lipinski definition) is 0. The fourth-order valence-electron chi connectivity index (χ4n) is 3.26. The lowest BCUT2D eigenvalue weighted by atomic mass is 10.2. The fraction of sp³-hybridized carbons (Fsp3) is 0.400. The summed E-state index contributed by atoms with van der Waals surface area (Å²) in [7, 11) is -0.202. The number of imidazole rings is 1. The number of likely N-dealkylation sites (N-methyl/N-ethyl adjacent to an activating group) is 1. The zero-order valence-corrected chi connectivity index (χ0v) is 17.9. The molecule has 8 nitrogen and oxygen atoms in total. The summed E-state index contributed by atoms with van der Waals surface area (Å²) in [6.45, 7) is 6.38. The van der Waals surface area contributed by atoms with Crippen LogP contribution in [0.5, 0.6) is 11.5 Å². The highest BCUT2D eigenvalue weighted by molar-refractivity contribution is 7.92. The van der Waals surface area contributed by atoms with E-state index < -0.39 is 14.6 Å². The molecule has 0 amide bonds. The highest BCUT2D eigenvalue weighted by Gasteiger charge is 2.34. The van der Waals surface area contributed by atoms with E-state index >= 15 is 0 Å². The molecule has 3 aromatic heterocycles. The molecule has 0 aliphatic carbocycles. The van der Waals surface area contributed by atoms with Gasteiger partial charge in [0.25, 0.3) is 0 Å². The van der Waals surface area contributed by atoms with E-state index in [0.717, 1.165) is 23.6 Å². The average molecular weight is 417 g/mol. The van der Waals surface area contributed by atoms with E-state index in [4.69, 9.17) is 9.47 Å². The van der Waals surface area contributed by atoms with Crippen LogP contribution < -0.4 is 14.4 Å². The summed E-state index contributed by atoms with van der Waals surface area (Å²) in [5.41, 5.74) is 2.09. The first-order valence-electron chi connectivity index (χ1n) is 9.27. The maximum absolute atomic E-state index is 13.1. The monoisotopic (exact) mass is 416 g/mol. The number of pyridine rings is 2. The molecule has 0 aromatic carbocycles. The van der Waals surface area contributed by atoms with Gasteiger partial charge in [0.1, 0.15) is 22.9 Å². The summed E-state index contributed by atoms with van der Waals surface area (Å²) in [6, 6.07) is 3.54. The largest absolute Gasteiger partial charge is 0.495 e. The topological polar surface area (TPSA) is 86.0 Å². The van der Waals surface area contributed by atoms with Crippen LogP contribution in [0, 0.1) is 0 Å². The summed E-state index contributed by atoms with van der Waals surface area (Å²) in [5.74, 6) is 1.76. The molecule has 0 radical (unpaired) electrons. The van der Waals surface area contributed by atoms with Crippen LogP contribution in [0.2, 0.25) is 0 Å². The van der Waals surface area contributed by atoms with Crippen LogP contribution >= 0.6 is 0 Å². The second kappa shape index (κ2) is 6.62. The molecule has 9 heteroatoms. The average Bonchev–Trinajstić information content (AvgIpc) is 3.09. The van der Waals surface area contributed by atoms with Crippen LogP contribution in [-0.2, 0) is 9.84 Å². The second-order valence-corrected chi connectivity index (χ2v) is 10.7. The first-order valence-corrected chi connectivity index (χ1v) is 10.8. The van der Waals surface area contributed by atoms with Crippen molar-refractivity contribution in [2.75, 3.05) is 32.2 Å². The lowest BCUT2D eigenvalue weighted by Gasteiger charge is -2.26. The minimum absolute atomic E-state index is 0.126. The minimum atomic E-state index is -3.63. The SMILES string of the molecule is COc1cc2ncc(-c3cnc4c(c3)OCCN4C)n2cc1S(=O)(=O)C(C)(C)C. The van der Waals surface area contributed by atoms with Gasteiger partial charge in [-0.2, -0.15) is 0 Å². The summed E-state index contributed by atoms with van der Waals surface area (Å²) in [5, 5.41) is 0. The van der Waals surface area contributed by atoms with Gasteiger partial charge in [0.15, 0.2) is 21.4 Å². The van der Waals surface area contributed by atoms with Gasteiger partial charge in [0, 0.05) is 31.1 Å². The summed E-state index contributed by atoms with van der Waals surface area (Å²) >= 11 is 0. The highest BCUT2D eigenvalue weighted by Crippen LogP contribution is 2.36. The van der Waals surface area contributed by atoms with E-state index in [9.17, 15) is 8.42 Å². The van der Waals surface area contributed by atoms with Crippen molar-refractivity contribution in [3.05, 3.63) is 30.7 Å². The molecule has 0 atom stereocenters. The molecular weight excluding hydrogens is 392 g/mol. The third kappa shape index (κ3) is 3.09. The number of methoxy groups -OCH3 is 1. The molecule has 1 aliphatic rings. The molecule has 154 valence electrons. The smallest absolute Gasteiger partial charge is 0.188 e. The number of nitrogens with zero attached hydrogens (tertiary/aromatic N) is 4. The van der Waals surface area contributed by atoms with Crippen molar-refractivity contribution < 1.29 is 17.9 Å². The summed E-state index contributed by atoms with van der Waals surface area (Å²) in [6.07, 6.45) is 5.01. The number of aromatic nitrogens is 3. The molecule has 0 bridgehead atoms. The Morgan fingerprint density at radius 1 is 1.17 bits per heavy atom. The quantitative estimate of drug-likeness (QED) is 0.649. The standard InChI is InChI=1S/C20H24N4O4S/c1-20(2,3)29(25,26)17-12-24-14(11-21-18(24)9-15(17)27-5)13-8-16-19(22-10-13)23(4)6-7-28-16/h8-12H,6-7H2,1-5H3. The van der Waals surface area contributed by atoms with Gasteiger partial charge in [-0.3, -0.25) is 4.40 Å². The van der Waals surface area contributed by atoms with E-state index in [0.29, 0.717) is 18.0 Å². The molecule has 1 aliphatic heterocycles. The third-order valence-corrected chi connectivity index (χ3v) is 7.56. The van der Waals surface area contributed by atoms with Crippen molar-refractivity contribution in [1.82, 2.24) is 14.4 Å². The van der Waals surface area contributed by atoms with Crippen LogP contribution in [0.4, 0.5) is 5.82 Å². The maximum Gasteiger partial charge on any atom is 0.188 e. The van der Waals surface area contributed by atoms with Crippen molar-refractivity contribution in [3.8, 4) is 22.8 Å². The summed E-state index contributed by atoms with van der Waals surface area (Å²) < 4.78 is 38.1. The van der Waals surface area contributed by atoms with Gasteiger partial charge in [0.05, 0.1) is 30.3 Å². The minimum Gasteiger partial charge on any atom is -0.495 e. The number of anilines is 1. The van der Waals surface area contributed by atoms with Gasteiger partial charge >= 0.3 is 0 Å². The van der Waals surface area contributed by atoms with Crippen LogP contribution in [0.25, 0.3) is 16.9 Å². The van der Waals surface area contributed by atoms with Crippen molar-refractivity contribution in [2.24, 2.45) is 0 Å². The van der Waals surface area contributed by atoms with Crippen LogP contribution in [-0.4, -0.2) is 54.8 Å². The normalized spacial score (nSPS) is 14.6. The van der Waals surface area contributed by atoms with Crippen molar-refractivity contribution in [1.29, 1.82) is 0 Å². The molecule has 0 spiro atoms. The molecule has 0 fully saturated rings. The van der Waals surface area contributed by atoms with Crippen molar-refractivity contribution in [2.45, 2.75) is 30.4 Å². The molecule has 0 saturated heterocycles. The Labute approximate surface area is 170 Å². The predicted molar refractivity (Wildman–Crippen MR) is 111 cm³/mol. The first kappa shape index (κ1) is 19.5. The molecule has 4 rings (SSSR count). The van der Waals surface area contributed by atoms with Crippen molar-refractivity contribution >= 4 is 21.3 Å². The van der Waals surface area contributed by atoms with Crippen LogP contribution in [0.1, 0.15) is 20.8 Å². The van der Waals surface area contributed by atoms with E-state index in [1.54, 1.807) is 49.8 Å². The molecule has 0 saturated carbocycles. The second-order valence-electron chi connectivity index (χ2n) is 8.01. The number of rotatable bonds is 3.